The van der Waals surface area contributed by atoms with Gasteiger partial charge < -0.3 is 9.80 Å². The minimum absolute atomic E-state index is 0.0197. The van der Waals surface area contributed by atoms with Gasteiger partial charge in [-0.15, -0.1) is 0 Å². The van der Waals surface area contributed by atoms with E-state index in [-0.39, 0.29) is 11.8 Å². The maximum Gasteiger partial charge on any atom is 0.247 e. The first-order valence-electron chi connectivity index (χ1n) is 16.4. The average molecular weight is 700 g/mol. The van der Waals surface area contributed by atoms with Crippen LogP contribution in [0.3, 0.4) is 0 Å². The summed E-state index contributed by atoms with van der Waals surface area (Å²) in [7, 11) is 0. The predicted octanol–water partition coefficient (Wildman–Crippen LogP) is 7.51. The van der Waals surface area contributed by atoms with Gasteiger partial charge in [0.25, 0.3) is 0 Å². The summed E-state index contributed by atoms with van der Waals surface area (Å²) in [5.41, 5.74) is 6.02. The van der Waals surface area contributed by atoms with Crippen LogP contribution in [0, 0.1) is 0 Å². The molecule has 6 nitrogen and oxygen atoms in total. The molecule has 2 heterocycles. The van der Waals surface area contributed by atoms with Crippen LogP contribution in [0.5, 0.6) is 0 Å². The maximum absolute atomic E-state index is 14.5. The Kier molecular flexibility index (Phi) is 11.2. The summed E-state index contributed by atoms with van der Waals surface area (Å²) in [6.45, 7) is 3.95. The summed E-state index contributed by atoms with van der Waals surface area (Å²) < 4.78 is 0.971. The van der Waals surface area contributed by atoms with Crippen molar-refractivity contribution in [2.75, 3.05) is 26.2 Å². The van der Waals surface area contributed by atoms with Gasteiger partial charge in [-0.1, -0.05) is 119 Å². The molecule has 1 aromatic heterocycles. The van der Waals surface area contributed by atoms with Crippen molar-refractivity contribution in [1.29, 1.82) is 0 Å². The van der Waals surface area contributed by atoms with Crippen LogP contribution in [-0.4, -0.2) is 63.7 Å². The van der Waals surface area contributed by atoms with Crippen molar-refractivity contribution in [3.63, 3.8) is 0 Å². The van der Waals surface area contributed by atoms with Gasteiger partial charge in [-0.25, -0.2) is 0 Å². The standard InChI is InChI=1S/C41H39BrN4O2/c42-37-21-16-32(17-22-37)18-23-40(47)46(31-35-14-19-36(20-15-35)38-13-7-8-24-43-38)39(29-33-9-3-1-4-10-33)41(48)45-27-25-44(26-28-45)30-34-11-5-2-6-12-34/h1-24,39H,25-31H2/b23-18+/t39-/m0/s1. The smallest absolute Gasteiger partial charge is 0.247 e. The van der Waals surface area contributed by atoms with Gasteiger partial charge in [-0.2, -0.15) is 0 Å². The third-order valence-corrected chi connectivity index (χ3v) is 9.23. The lowest BCUT2D eigenvalue weighted by molar-refractivity contribution is -0.145. The maximum atomic E-state index is 14.5. The van der Waals surface area contributed by atoms with Gasteiger partial charge in [-0.05, 0) is 52.6 Å². The van der Waals surface area contributed by atoms with E-state index in [0.29, 0.717) is 26.1 Å². The number of piperazine rings is 1. The fourth-order valence-corrected chi connectivity index (χ4v) is 6.30. The first kappa shape index (κ1) is 33.1. The second-order valence-electron chi connectivity index (χ2n) is 12.1. The van der Waals surface area contributed by atoms with Crippen molar-refractivity contribution < 1.29 is 9.59 Å². The largest absolute Gasteiger partial charge is 0.338 e. The summed E-state index contributed by atoms with van der Waals surface area (Å²) in [6, 6.07) is 41.5. The van der Waals surface area contributed by atoms with Crippen LogP contribution in [0.25, 0.3) is 17.3 Å². The highest BCUT2D eigenvalue weighted by Crippen LogP contribution is 2.22. The Morgan fingerprint density at radius 3 is 2.02 bits per heavy atom. The van der Waals surface area contributed by atoms with E-state index in [1.165, 1.54) is 5.56 Å². The molecule has 0 unspecified atom stereocenters. The predicted molar refractivity (Wildman–Crippen MR) is 196 cm³/mol. The topological polar surface area (TPSA) is 56.8 Å². The van der Waals surface area contributed by atoms with E-state index >= 15 is 0 Å². The normalized spacial score (nSPS) is 14.1. The van der Waals surface area contributed by atoms with Gasteiger partial charge in [0.2, 0.25) is 11.8 Å². The Morgan fingerprint density at radius 2 is 1.38 bits per heavy atom. The lowest BCUT2D eigenvalue weighted by atomic mass is 10.0. The molecule has 242 valence electrons. The van der Waals surface area contributed by atoms with Crippen LogP contribution >= 0.6 is 15.9 Å². The molecule has 1 saturated heterocycles. The molecule has 6 rings (SSSR count). The van der Waals surface area contributed by atoms with Crippen molar-refractivity contribution in [2.45, 2.75) is 25.6 Å². The number of hydrogen-bond donors (Lipinski definition) is 0. The van der Waals surface area contributed by atoms with E-state index in [0.717, 1.165) is 52.1 Å². The van der Waals surface area contributed by atoms with Crippen LogP contribution in [-0.2, 0) is 29.1 Å². The zero-order valence-electron chi connectivity index (χ0n) is 26.9. The third-order valence-electron chi connectivity index (χ3n) is 8.71. The number of rotatable bonds is 11. The first-order valence-corrected chi connectivity index (χ1v) is 17.1. The molecule has 48 heavy (non-hydrogen) atoms. The molecule has 7 heteroatoms. The lowest BCUT2D eigenvalue weighted by Gasteiger charge is -2.39. The number of amides is 2. The van der Waals surface area contributed by atoms with Crippen LogP contribution < -0.4 is 0 Å². The van der Waals surface area contributed by atoms with Gasteiger partial charge >= 0.3 is 0 Å². The highest BCUT2D eigenvalue weighted by Gasteiger charge is 2.34. The number of nitrogens with zero attached hydrogens (tertiary/aromatic N) is 4. The fraction of sp³-hybridized carbons (Fsp3) is 0.195. The first-order chi connectivity index (χ1) is 23.5. The summed E-state index contributed by atoms with van der Waals surface area (Å²) in [4.78, 5) is 39.3. The number of hydrogen-bond acceptors (Lipinski definition) is 4. The lowest BCUT2D eigenvalue weighted by Crippen LogP contribution is -2.56. The molecule has 0 aliphatic carbocycles. The van der Waals surface area contributed by atoms with Gasteiger partial charge in [0.15, 0.2) is 0 Å². The SMILES string of the molecule is O=C([C@H](Cc1ccccc1)N(Cc1ccc(-c2ccccn2)cc1)C(=O)/C=C/c1ccc(Br)cc1)N1CCN(Cc2ccccc2)CC1. The zero-order valence-corrected chi connectivity index (χ0v) is 28.5. The number of halogens is 1. The molecule has 1 fully saturated rings. The third kappa shape index (κ3) is 8.94. The Morgan fingerprint density at radius 1 is 0.729 bits per heavy atom. The summed E-state index contributed by atoms with van der Waals surface area (Å²) >= 11 is 3.48. The second-order valence-corrected chi connectivity index (χ2v) is 13.0. The van der Waals surface area contributed by atoms with Gasteiger partial charge in [0.05, 0.1) is 5.69 Å². The van der Waals surface area contributed by atoms with E-state index in [9.17, 15) is 9.59 Å². The molecule has 0 bridgehead atoms. The Balaban J connectivity index is 1.27. The molecule has 1 aliphatic rings. The van der Waals surface area contributed by atoms with Crippen molar-refractivity contribution in [3.8, 4) is 11.3 Å². The summed E-state index contributed by atoms with van der Waals surface area (Å²) in [5.74, 6) is -0.225. The van der Waals surface area contributed by atoms with E-state index in [1.807, 2.05) is 114 Å². The van der Waals surface area contributed by atoms with Crippen LogP contribution in [0.2, 0.25) is 0 Å². The molecular weight excluding hydrogens is 660 g/mol. The summed E-state index contributed by atoms with van der Waals surface area (Å²) in [5, 5.41) is 0. The highest BCUT2D eigenvalue weighted by atomic mass is 79.9. The monoisotopic (exact) mass is 698 g/mol. The van der Waals surface area contributed by atoms with Crippen LogP contribution in [0.1, 0.15) is 22.3 Å². The zero-order chi connectivity index (χ0) is 33.1. The van der Waals surface area contributed by atoms with Crippen molar-refractivity contribution in [3.05, 3.63) is 166 Å². The fourth-order valence-electron chi connectivity index (χ4n) is 6.04. The number of pyridine rings is 1. The minimum atomic E-state index is -0.675. The quantitative estimate of drug-likeness (QED) is 0.134. The Hall–Kier alpha value is -4.85. The van der Waals surface area contributed by atoms with E-state index in [4.69, 9.17) is 0 Å². The van der Waals surface area contributed by atoms with E-state index < -0.39 is 6.04 Å². The van der Waals surface area contributed by atoms with Crippen LogP contribution in [0.4, 0.5) is 0 Å². The van der Waals surface area contributed by atoms with Crippen molar-refractivity contribution in [2.24, 2.45) is 0 Å². The second kappa shape index (κ2) is 16.3. The molecule has 1 aliphatic heterocycles. The molecule has 0 spiro atoms. The molecular formula is C41H39BrN4O2. The molecule has 5 aromatic rings. The minimum Gasteiger partial charge on any atom is -0.338 e. The number of carbonyl (C=O) groups excluding carboxylic acids is 2. The van der Waals surface area contributed by atoms with Gasteiger partial charge in [-0.3, -0.25) is 19.5 Å². The number of aromatic nitrogens is 1. The van der Waals surface area contributed by atoms with Crippen LogP contribution in [0.15, 0.2) is 144 Å². The van der Waals surface area contributed by atoms with Gasteiger partial charge in [0.1, 0.15) is 6.04 Å². The van der Waals surface area contributed by atoms with E-state index in [2.05, 4.69) is 50.1 Å². The molecule has 0 saturated carbocycles. The molecule has 2 amide bonds. The molecule has 0 radical (unpaired) electrons. The molecule has 4 aromatic carbocycles. The number of carbonyl (C=O) groups is 2. The number of benzene rings is 4. The Bertz CT molecular complexity index is 1790. The molecule has 1 atom stereocenters. The molecule has 0 N–H and O–H groups in total. The van der Waals surface area contributed by atoms with Gasteiger partial charge in [0, 0.05) is 68.0 Å². The Labute approximate surface area is 291 Å². The van der Waals surface area contributed by atoms with E-state index in [1.54, 1.807) is 17.2 Å². The van der Waals surface area contributed by atoms with Crippen molar-refractivity contribution in [1.82, 2.24) is 19.7 Å². The average Bonchev–Trinajstić information content (AvgIpc) is 3.14. The van der Waals surface area contributed by atoms with Crippen molar-refractivity contribution >= 4 is 33.8 Å². The summed E-state index contributed by atoms with van der Waals surface area (Å²) in [6.07, 6.45) is 5.61. The highest BCUT2D eigenvalue weighted by molar-refractivity contribution is 9.10.